The Balaban J connectivity index is 1.18. The highest BCUT2D eigenvalue weighted by Crippen LogP contribution is 2.47. The molecule has 0 atom stereocenters. The van der Waals surface area contributed by atoms with Gasteiger partial charge in [0, 0.05) is 59.4 Å². The summed E-state index contributed by atoms with van der Waals surface area (Å²) >= 11 is 1.83. The van der Waals surface area contributed by atoms with Crippen LogP contribution < -0.4 is 0 Å². The SMILES string of the molecule is c1ccc(-c2nc(-c3ccccc3)nc(-c3cccc4sc5c(ccc6c7cccc(-n8c9ccccc9c9ccccc98)c7n(-c7ccccc7)c65)c34)n2)cc1. The van der Waals surface area contributed by atoms with Gasteiger partial charge in [0.15, 0.2) is 17.5 Å². The molecule has 0 aliphatic carbocycles. The van der Waals surface area contributed by atoms with E-state index < -0.39 is 0 Å². The average Bonchev–Trinajstić information content (AvgIpc) is 3.95. The van der Waals surface area contributed by atoms with Crippen molar-refractivity contribution in [2.75, 3.05) is 0 Å². The van der Waals surface area contributed by atoms with Gasteiger partial charge >= 0.3 is 0 Å². The molecular formula is C51H31N5S. The number of fused-ring (bicyclic) bond motifs is 10. The molecule has 0 bridgehead atoms. The van der Waals surface area contributed by atoms with E-state index >= 15 is 0 Å². The van der Waals surface area contributed by atoms with E-state index in [0.717, 1.165) is 33.5 Å². The molecule has 0 unspecified atom stereocenters. The van der Waals surface area contributed by atoms with E-state index in [1.807, 2.05) is 47.7 Å². The monoisotopic (exact) mass is 745 g/mol. The fourth-order valence-electron chi connectivity index (χ4n) is 8.72. The van der Waals surface area contributed by atoms with Crippen molar-refractivity contribution in [1.82, 2.24) is 24.1 Å². The Bertz CT molecular complexity index is 3400. The third kappa shape index (κ3) is 4.84. The number of nitrogens with zero attached hydrogens (tertiary/aromatic N) is 5. The second-order valence-corrected chi connectivity index (χ2v) is 15.4. The molecule has 57 heavy (non-hydrogen) atoms. The molecule has 12 aromatic rings. The van der Waals surface area contributed by atoms with Crippen LogP contribution in [0.2, 0.25) is 0 Å². The van der Waals surface area contributed by atoms with Gasteiger partial charge in [0.1, 0.15) is 0 Å². The minimum Gasteiger partial charge on any atom is -0.307 e. The quantitative estimate of drug-likeness (QED) is 0.176. The zero-order valence-corrected chi connectivity index (χ0v) is 31.4. The van der Waals surface area contributed by atoms with Gasteiger partial charge in [0.2, 0.25) is 0 Å². The van der Waals surface area contributed by atoms with Crippen molar-refractivity contribution in [3.63, 3.8) is 0 Å². The number of benzene rings is 8. The summed E-state index contributed by atoms with van der Waals surface area (Å²) in [5, 5.41) is 7.25. The molecular weight excluding hydrogens is 715 g/mol. The van der Waals surface area contributed by atoms with Crippen LogP contribution in [-0.4, -0.2) is 24.1 Å². The number of hydrogen-bond acceptors (Lipinski definition) is 4. The maximum atomic E-state index is 5.16. The Hall–Kier alpha value is -7.41. The third-order valence-corrected chi connectivity index (χ3v) is 12.3. The zero-order chi connectivity index (χ0) is 37.5. The van der Waals surface area contributed by atoms with Gasteiger partial charge in [0.25, 0.3) is 0 Å². The normalized spacial score (nSPS) is 11.9. The van der Waals surface area contributed by atoms with E-state index in [2.05, 4.69) is 161 Å². The molecule has 0 saturated heterocycles. The molecule has 0 aliphatic heterocycles. The Morgan fingerprint density at radius 2 is 0.895 bits per heavy atom. The summed E-state index contributed by atoms with van der Waals surface area (Å²) in [6.45, 7) is 0. The van der Waals surface area contributed by atoms with Gasteiger partial charge in [0.05, 0.1) is 32.5 Å². The summed E-state index contributed by atoms with van der Waals surface area (Å²) in [7, 11) is 0. The second-order valence-electron chi connectivity index (χ2n) is 14.4. The van der Waals surface area contributed by atoms with E-state index in [1.54, 1.807) is 0 Å². The lowest BCUT2D eigenvalue weighted by Crippen LogP contribution is -2.00. The summed E-state index contributed by atoms with van der Waals surface area (Å²) in [5.41, 5.74) is 9.91. The predicted molar refractivity (Wildman–Crippen MR) is 238 cm³/mol. The first-order chi connectivity index (χ1) is 28.3. The molecule has 0 spiro atoms. The highest BCUT2D eigenvalue weighted by Gasteiger charge is 2.24. The average molecular weight is 746 g/mol. The van der Waals surface area contributed by atoms with Crippen molar-refractivity contribution in [1.29, 1.82) is 0 Å². The van der Waals surface area contributed by atoms with Crippen molar-refractivity contribution in [3.05, 3.63) is 188 Å². The summed E-state index contributed by atoms with van der Waals surface area (Å²) in [6, 6.07) is 66.6. The minimum atomic E-state index is 0.653. The topological polar surface area (TPSA) is 48.5 Å². The van der Waals surface area contributed by atoms with E-state index in [9.17, 15) is 0 Å². The second kappa shape index (κ2) is 12.6. The van der Waals surface area contributed by atoms with Crippen LogP contribution in [-0.2, 0) is 0 Å². The van der Waals surface area contributed by atoms with Crippen LogP contribution in [0, 0.1) is 0 Å². The van der Waals surface area contributed by atoms with Gasteiger partial charge in [-0.2, -0.15) is 0 Å². The molecule has 4 aromatic heterocycles. The zero-order valence-electron chi connectivity index (χ0n) is 30.5. The molecule has 0 fully saturated rings. The molecule has 0 aliphatic rings. The fraction of sp³-hybridized carbons (Fsp3) is 0. The first-order valence-corrected chi connectivity index (χ1v) is 19.9. The molecule has 0 radical (unpaired) electrons. The number of thiophene rings is 1. The van der Waals surface area contributed by atoms with Crippen molar-refractivity contribution >= 4 is 75.1 Å². The van der Waals surface area contributed by atoms with Gasteiger partial charge in [-0.1, -0.05) is 152 Å². The summed E-state index contributed by atoms with van der Waals surface area (Å²) in [5.74, 6) is 1.96. The smallest absolute Gasteiger partial charge is 0.164 e. The van der Waals surface area contributed by atoms with Crippen molar-refractivity contribution in [2.45, 2.75) is 0 Å². The molecule has 6 heteroatoms. The fourth-order valence-corrected chi connectivity index (χ4v) is 9.99. The lowest BCUT2D eigenvalue weighted by molar-refractivity contribution is 1.08. The number of aromatic nitrogens is 5. The minimum absolute atomic E-state index is 0.653. The molecule has 0 N–H and O–H groups in total. The van der Waals surface area contributed by atoms with Gasteiger partial charge in [-0.25, -0.2) is 15.0 Å². The van der Waals surface area contributed by atoms with E-state index in [4.69, 9.17) is 15.0 Å². The maximum Gasteiger partial charge on any atom is 0.164 e. The van der Waals surface area contributed by atoms with E-state index in [-0.39, 0.29) is 0 Å². The molecule has 266 valence electrons. The van der Waals surface area contributed by atoms with Crippen LogP contribution in [0.15, 0.2) is 188 Å². The van der Waals surface area contributed by atoms with E-state index in [1.165, 1.54) is 58.4 Å². The largest absolute Gasteiger partial charge is 0.307 e. The lowest BCUT2D eigenvalue weighted by Gasteiger charge is -2.14. The van der Waals surface area contributed by atoms with Crippen molar-refractivity contribution in [3.8, 4) is 45.5 Å². The Labute approximate surface area is 331 Å². The summed E-state index contributed by atoms with van der Waals surface area (Å²) in [6.07, 6.45) is 0. The highest BCUT2D eigenvalue weighted by atomic mass is 32.1. The molecule has 8 aromatic carbocycles. The molecule has 12 rings (SSSR count). The maximum absolute atomic E-state index is 5.16. The summed E-state index contributed by atoms with van der Waals surface area (Å²) < 4.78 is 7.35. The van der Waals surface area contributed by atoms with Crippen molar-refractivity contribution < 1.29 is 0 Å². The van der Waals surface area contributed by atoms with Gasteiger partial charge in [-0.05, 0) is 36.4 Å². The first kappa shape index (κ1) is 31.9. The van der Waals surface area contributed by atoms with Crippen molar-refractivity contribution in [2.24, 2.45) is 0 Å². The highest BCUT2D eigenvalue weighted by molar-refractivity contribution is 7.26. The first-order valence-electron chi connectivity index (χ1n) is 19.1. The van der Waals surface area contributed by atoms with Gasteiger partial charge in [-0.15, -0.1) is 11.3 Å². The van der Waals surface area contributed by atoms with Gasteiger partial charge in [-0.3, -0.25) is 0 Å². The molecule has 4 heterocycles. The standard InChI is InChI=1S/C51H31N5S/c1-4-16-32(17-5-1)49-52-50(33-18-6-2-7-19-33)54-51(53-49)40-25-15-29-44-45(40)39-31-30-38-37-24-14-28-43(46(37)55(47(38)48(39)57-44)34-20-8-3-9-21-34)56-41-26-12-10-22-35(41)36-23-11-13-27-42(36)56/h1-31H. The number of para-hydroxylation sites is 4. The number of hydrogen-bond donors (Lipinski definition) is 0. The number of rotatable bonds is 5. The molecule has 0 saturated carbocycles. The molecule has 5 nitrogen and oxygen atoms in total. The van der Waals surface area contributed by atoms with Crippen LogP contribution in [0.1, 0.15) is 0 Å². The van der Waals surface area contributed by atoms with E-state index in [0.29, 0.717) is 17.5 Å². The Morgan fingerprint density at radius 1 is 0.368 bits per heavy atom. The lowest BCUT2D eigenvalue weighted by atomic mass is 10.0. The van der Waals surface area contributed by atoms with Crippen LogP contribution in [0.4, 0.5) is 0 Å². The Morgan fingerprint density at radius 3 is 1.56 bits per heavy atom. The van der Waals surface area contributed by atoms with Crippen LogP contribution in [0.5, 0.6) is 0 Å². The third-order valence-electron chi connectivity index (χ3n) is 11.2. The van der Waals surface area contributed by atoms with Gasteiger partial charge < -0.3 is 9.13 Å². The summed E-state index contributed by atoms with van der Waals surface area (Å²) in [4.78, 5) is 15.3. The van der Waals surface area contributed by atoms with Crippen LogP contribution >= 0.6 is 11.3 Å². The Kier molecular flexibility index (Phi) is 7.03. The molecule has 0 amide bonds. The predicted octanol–water partition coefficient (Wildman–Crippen LogP) is 13.4. The van der Waals surface area contributed by atoms with Crippen LogP contribution in [0.3, 0.4) is 0 Å². The van der Waals surface area contributed by atoms with Crippen LogP contribution in [0.25, 0.3) is 109 Å².